The van der Waals surface area contributed by atoms with E-state index >= 15 is 0 Å². The van der Waals surface area contributed by atoms with Gasteiger partial charge in [0.25, 0.3) is 5.91 Å². The largest absolute Gasteiger partial charge is 0.454 e. The standard InChI is InChI=1S/C24H17ClN2O3S/c25-19-3-1-2-18(10-19)23(28)26-12-15-4-6-16(7-5-15)24-27-20(13-31-24)17-8-9-21-22(11-17)30-14-29-21/h1-11,13H,12,14H2,(H,26,28). The van der Waals surface area contributed by atoms with Gasteiger partial charge in [0.15, 0.2) is 11.5 Å². The van der Waals surface area contributed by atoms with Crippen LogP contribution in [0.1, 0.15) is 15.9 Å². The van der Waals surface area contributed by atoms with Crippen LogP contribution in [0.5, 0.6) is 11.5 Å². The molecule has 1 aliphatic rings. The van der Waals surface area contributed by atoms with Crippen LogP contribution < -0.4 is 14.8 Å². The van der Waals surface area contributed by atoms with Crippen LogP contribution in [-0.4, -0.2) is 17.7 Å². The van der Waals surface area contributed by atoms with E-state index in [9.17, 15) is 4.79 Å². The molecule has 1 aromatic heterocycles. The summed E-state index contributed by atoms with van der Waals surface area (Å²) in [7, 11) is 0. The lowest BCUT2D eigenvalue weighted by Gasteiger charge is -2.06. The summed E-state index contributed by atoms with van der Waals surface area (Å²) in [6.45, 7) is 0.693. The number of ether oxygens (including phenoxy) is 2. The lowest BCUT2D eigenvalue weighted by molar-refractivity contribution is 0.0951. The number of nitrogens with zero attached hydrogens (tertiary/aromatic N) is 1. The summed E-state index contributed by atoms with van der Waals surface area (Å²) in [5.41, 5.74) is 4.47. The molecular weight excluding hydrogens is 432 g/mol. The van der Waals surface area contributed by atoms with Crippen molar-refractivity contribution in [1.82, 2.24) is 10.3 Å². The van der Waals surface area contributed by atoms with Crippen LogP contribution in [0.4, 0.5) is 0 Å². The molecule has 0 atom stereocenters. The van der Waals surface area contributed by atoms with Gasteiger partial charge in [-0.25, -0.2) is 4.98 Å². The van der Waals surface area contributed by atoms with Crippen molar-refractivity contribution in [3.63, 3.8) is 0 Å². The number of amides is 1. The van der Waals surface area contributed by atoms with Gasteiger partial charge in [-0.3, -0.25) is 4.79 Å². The molecule has 0 unspecified atom stereocenters. The molecule has 2 heterocycles. The van der Waals surface area contributed by atoms with E-state index < -0.39 is 0 Å². The highest BCUT2D eigenvalue weighted by molar-refractivity contribution is 7.13. The maximum Gasteiger partial charge on any atom is 0.251 e. The fourth-order valence-corrected chi connectivity index (χ4v) is 4.30. The maximum atomic E-state index is 12.3. The molecule has 0 saturated heterocycles. The number of fused-ring (bicyclic) bond motifs is 1. The Labute approximate surface area is 188 Å². The first-order valence-corrected chi connectivity index (χ1v) is 10.9. The SMILES string of the molecule is O=C(NCc1ccc(-c2nc(-c3ccc4c(c3)OCO4)cs2)cc1)c1cccc(Cl)c1. The molecule has 4 aromatic rings. The molecule has 0 spiro atoms. The van der Waals surface area contributed by atoms with Gasteiger partial charge in [0.05, 0.1) is 5.69 Å². The second-order valence-corrected chi connectivity index (χ2v) is 8.29. The Morgan fingerprint density at radius 1 is 1.00 bits per heavy atom. The molecule has 0 radical (unpaired) electrons. The summed E-state index contributed by atoms with van der Waals surface area (Å²) in [6, 6.07) is 20.8. The fourth-order valence-electron chi connectivity index (χ4n) is 3.27. The number of carbonyl (C=O) groups excluding carboxylic acids is 1. The molecule has 0 fully saturated rings. The summed E-state index contributed by atoms with van der Waals surface area (Å²) in [5.74, 6) is 1.35. The second-order valence-electron chi connectivity index (χ2n) is 7.00. The third kappa shape index (κ3) is 4.26. The minimum absolute atomic E-state index is 0.153. The Bertz CT molecular complexity index is 1250. The maximum absolute atomic E-state index is 12.3. The Morgan fingerprint density at radius 2 is 1.81 bits per heavy atom. The summed E-state index contributed by atoms with van der Waals surface area (Å²) < 4.78 is 10.8. The minimum Gasteiger partial charge on any atom is -0.454 e. The van der Waals surface area contributed by atoms with Gasteiger partial charge >= 0.3 is 0 Å². The summed E-state index contributed by atoms with van der Waals surface area (Å²) >= 11 is 7.54. The molecule has 31 heavy (non-hydrogen) atoms. The highest BCUT2D eigenvalue weighted by atomic mass is 35.5. The van der Waals surface area contributed by atoms with E-state index in [4.69, 9.17) is 26.1 Å². The number of halogens is 1. The van der Waals surface area contributed by atoms with E-state index in [0.29, 0.717) is 17.1 Å². The fraction of sp³-hybridized carbons (Fsp3) is 0.0833. The van der Waals surface area contributed by atoms with Crippen molar-refractivity contribution in [2.75, 3.05) is 6.79 Å². The Balaban J connectivity index is 1.26. The van der Waals surface area contributed by atoms with E-state index in [0.717, 1.165) is 38.9 Å². The molecule has 0 saturated carbocycles. The number of carbonyl (C=O) groups is 1. The molecule has 5 nitrogen and oxygen atoms in total. The lowest BCUT2D eigenvalue weighted by Crippen LogP contribution is -2.22. The van der Waals surface area contributed by atoms with E-state index in [2.05, 4.69) is 5.32 Å². The van der Waals surface area contributed by atoms with Crippen LogP contribution in [-0.2, 0) is 6.54 Å². The lowest BCUT2D eigenvalue weighted by atomic mass is 10.1. The van der Waals surface area contributed by atoms with Crippen molar-refractivity contribution in [2.45, 2.75) is 6.54 Å². The van der Waals surface area contributed by atoms with Gasteiger partial charge in [0, 0.05) is 33.6 Å². The zero-order valence-electron chi connectivity index (χ0n) is 16.3. The van der Waals surface area contributed by atoms with Crippen molar-refractivity contribution in [1.29, 1.82) is 0 Å². The van der Waals surface area contributed by atoms with Gasteiger partial charge in [0.1, 0.15) is 5.01 Å². The van der Waals surface area contributed by atoms with Crippen LogP contribution in [0, 0.1) is 0 Å². The highest BCUT2D eigenvalue weighted by Gasteiger charge is 2.15. The smallest absolute Gasteiger partial charge is 0.251 e. The number of thiazole rings is 1. The third-order valence-corrected chi connectivity index (χ3v) is 6.04. The summed E-state index contributed by atoms with van der Waals surface area (Å²) in [5, 5.41) is 6.42. The number of hydrogen-bond donors (Lipinski definition) is 1. The number of hydrogen-bond acceptors (Lipinski definition) is 5. The molecule has 5 rings (SSSR count). The average Bonchev–Trinajstić information content (AvgIpc) is 3.47. The molecule has 3 aromatic carbocycles. The molecule has 1 N–H and O–H groups in total. The number of rotatable bonds is 5. The third-order valence-electron chi connectivity index (χ3n) is 4.91. The summed E-state index contributed by atoms with van der Waals surface area (Å²) in [4.78, 5) is 17.0. The zero-order valence-corrected chi connectivity index (χ0v) is 17.9. The molecule has 154 valence electrons. The predicted molar refractivity (Wildman–Crippen MR) is 122 cm³/mol. The zero-order chi connectivity index (χ0) is 21.2. The first-order valence-electron chi connectivity index (χ1n) is 9.64. The van der Waals surface area contributed by atoms with Crippen molar-refractivity contribution < 1.29 is 14.3 Å². The predicted octanol–water partition coefficient (Wildman–Crippen LogP) is 5.79. The van der Waals surface area contributed by atoms with Crippen molar-refractivity contribution in [3.8, 4) is 33.3 Å². The average molecular weight is 449 g/mol. The number of nitrogens with one attached hydrogen (secondary N) is 1. The van der Waals surface area contributed by atoms with Crippen LogP contribution in [0.15, 0.2) is 72.1 Å². The van der Waals surface area contributed by atoms with E-state index in [1.54, 1.807) is 35.6 Å². The van der Waals surface area contributed by atoms with Gasteiger partial charge in [-0.2, -0.15) is 0 Å². The first-order chi connectivity index (χ1) is 15.2. The molecule has 0 aliphatic carbocycles. The van der Waals surface area contributed by atoms with E-state index in [1.807, 2.05) is 47.8 Å². The van der Waals surface area contributed by atoms with E-state index in [1.165, 1.54) is 0 Å². The van der Waals surface area contributed by atoms with Gasteiger partial charge in [-0.15, -0.1) is 11.3 Å². The van der Waals surface area contributed by atoms with Crippen LogP contribution in [0.2, 0.25) is 5.02 Å². The molecular formula is C24H17ClN2O3S. The van der Waals surface area contributed by atoms with Crippen molar-refractivity contribution >= 4 is 28.8 Å². The molecule has 1 amide bonds. The number of aromatic nitrogens is 1. The van der Waals surface area contributed by atoms with Gasteiger partial charge < -0.3 is 14.8 Å². The Kier molecular flexibility index (Phi) is 5.32. The van der Waals surface area contributed by atoms with Gasteiger partial charge in [0.2, 0.25) is 6.79 Å². The number of benzene rings is 3. The molecule has 1 aliphatic heterocycles. The van der Waals surface area contributed by atoms with Crippen LogP contribution in [0.3, 0.4) is 0 Å². The van der Waals surface area contributed by atoms with Crippen molar-refractivity contribution in [2.24, 2.45) is 0 Å². The Hall–Kier alpha value is -3.35. The van der Waals surface area contributed by atoms with Gasteiger partial charge in [-0.05, 0) is 42.0 Å². The second kappa shape index (κ2) is 8.41. The van der Waals surface area contributed by atoms with Gasteiger partial charge in [-0.1, -0.05) is 41.9 Å². The summed E-state index contributed by atoms with van der Waals surface area (Å²) in [6.07, 6.45) is 0. The quantitative estimate of drug-likeness (QED) is 0.420. The monoisotopic (exact) mass is 448 g/mol. The topological polar surface area (TPSA) is 60.5 Å². The van der Waals surface area contributed by atoms with E-state index in [-0.39, 0.29) is 12.7 Å². The van der Waals surface area contributed by atoms with Crippen LogP contribution in [0.25, 0.3) is 21.8 Å². The first kappa shape index (κ1) is 19.6. The molecule has 0 bridgehead atoms. The highest BCUT2D eigenvalue weighted by Crippen LogP contribution is 2.37. The minimum atomic E-state index is -0.153. The van der Waals surface area contributed by atoms with Crippen molar-refractivity contribution in [3.05, 3.63) is 88.3 Å². The normalized spacial score (nSPS) is 12.0. The Morgan fingerprint density at radius 3 is 2.65 bits per heavy atom. The van der Waals surface area contributed by atoms with Crippen LogP contribution >= 0.6 is 22.9 Å². The molecule has 7 heteroatoms.